The number of aliphatic imine (C=N–C) groups is 1. The number of likely N-dealkylation sites (N-methyl/N-ethyl adjacent to an activating group) is 1. The van der Waals surface area contributed by atoms with Gasteiger partial charge in [-0.25, -0.2) is 5.01 Å². The van der Waals surface area contributed by atoms with E-state index in [-0.39, 0.29) is 0 Å². The van der Waals surface area contributed by atoms with Crippen LogP contribution in [0.5, 0.6) is 5.75 Å². The van der Waals surface area contributed by atoms with Gasteiger partial charge in [-0.2, -0.15) is 9.58 Å². The highest BCUT2D eigenvalue weighted by Crippen LogP contribution is 2.35. The van der Waals surface area contributed by atoms with Crippen LogP contribution >= 0.6 is 0 Å². The molecule has 1 aliphatic rings. The largest absolute Gasteiger partial charge is 0.757 e. The molecule has 1 heterocycles. The fraction of sp³-hybridized carbons (Fsp3) is 0.438. The minimum atomic E-state index is -1.59. The molecule has 22 heavy (non-hydrogen) atoms. The Morgan fingerprint density at radius 2 is 1.68 bits per heavy atom. The van der Waals surface area contributed by atoms with E-state index in [1.165, 1.54) is 5.20 Å². The molecule has 0 amide bonds. The zero-order valence-corrected chi connectivity index (χ0v) is 16.3. The van der Waals surface area contributed by atoms with E-state index < -0.39 is 8.07 Å². The Balaban J connectivity index is 2.55. The summed E-state index contributed by atoms with van der Waals surface area (Å²) in [5.74, 6) is 1.89. The van der Waals surface area contributed by atoms with Crippen molar-refractivity contribution in [1.29, 1.82) is 0 Å². The molecular weight excluding hydrogens is 310 g/mol. The first kappa shape index (κ1) is 17.0. The zero-order chi connectivity index (χ0) is 16.7. The highest BCUT2D eigenvalue weighted by atomic mass is 32.1. The Morgan fingerprint density at radius 1 is 1.14 bits per heavy atom. The van der Waals surface area contributed by atoms with Crippen LogP contribution in [-0.4, -0.2) is 51.8 Å². The third kappa shape index (κ3) is 2.91. The second-order valence-corrected chi connectivity index (χ2v) is 12.4. The molecule has 0 saturated carbocycles. The van der Waals surface area contributed by atoms with E-state index in [1.54, 1.807) is 7.11 Å². The first-order valence-corrected chi connectivity index (χ1v) is 11.2. The quantitative estimate of drug-likeness (QED) is 0.481. The summed E-state index contributed by atoms with van der Waals surface area (Å²) in [6.07, 6.45) is 0. The predicted molar refractivity (Wildman–Crippen MR) is 97.7 cm³/mol. The Hall–Kier alpha value is -1.37. The van der Waals surface area contributed by atoms with Crippen LogP contribution in [0.25, 0.3) is 0 Å². The predicted octanol–water partition coefficient (Wildman–Crippen LogP) is 3.30. The Kier molecular flexibility index (Phi) is 4.39. The van der Waals surface area contributed by atoms with Gasteiger partial charge in [0.2, 0.25) is 0 Å². The van der Waals surface area contributed by atoms with Crippen LogP contribution in [0.2, 0.25) is 19.6 Å². The third-order valence-electron chi connectivity index (χ3n) is 4.06. The number of quaternary nitrogens is 1. The van der Waals surface area contributed by atoms with E-state index in [2.05, 4.69) is 38.7 Å². The highest BCUT2D eigenvalue weighted by molar-refractivity contribution is 7.63. The molecule has 0 fully saturated rings. The Labute approximate surface area is 140 Å². The Bertz CT molecular complexity index is 630. The normalized spacial score (nSPS) is 20.0. The van der Waals surface area contributed by atoms with Crippen molar-refractivity contribution in [3.05, 3.63) is 34.5 Å². The van der Waals surface area contributed by atoms with Crippen molar-refractivity contribution in [2.24, 2.45) is 4.99 Å². The molecule has 0 bridgehead atoms. The molecule has 0 radical (unpaired) electrons. The van der Waals surface area contributed by atoms with Crippen LogP contribution in [0, 0.1) is 0 Å². The molecule has 0 atom stereocenters. The summed E-state index contributed by atoms with van der Waals surface area (Å²) in [6.45, 7) is 6.95. The van der Waals surface area contributed by atoms with Crippen LogP contribution in [0.1, 0.15) is 0 Å². The third-order valence-corrected chi connectivity index (χ3v) is 6.67. The van der Waals surface area contributed by atoms with E-state index in [0.717, 1.165) is 22.3 Å². The standard InChI is InChI=1S/C16H25N3OSSi/c1-18-16(21)14(22(5,6)7)15(19(18,2)3)17-12-8-10-13(20-4)11-9-12/h8-11H,1-7H3. The van der Waals surface area contributed by atoms with Gasteiger partial charge in [-0.05, 0) is 24.3 Å². The molecule has 4 nitrogen and oxygen atoms in total. The number of ether oxygens (including phenoxy) is 1. The van der Waals surface area contributed by atoms with E-state index in [1.807, 2.05) is 31.3 Å². The van der Waals surface area contributed by atoms with Gasteiger partial charge >= 0.3 is 0 Å². The molecule has 2 rings (SSSR count). The van der Waals surface area contributed by atoms with Crippen molar-refractivity contribution in [1.82, 2.24) is 5.01 Å². The summed E-state index contributed by atoms with van der Waals surface area (Å²) in [4.78, 5) is 4.94. The van der Waals surface area contributed by atoms with Gasteiger partial charge in [0, 0.05) is 5.20 Å². The minimum absolute atomic E-state index is 0.560. The lowest BCUT2D eigenvalue weighted by Gasteiger charge is -2.35. The van der Waals surface area contributed by atoms with Crippen molar-refractivity contribution in [2.45, 2.75) is 19.6 Å². The molecule has 6 heteroatoms. The Morgan fingerprint density at radius 3 is 2.14 bits per heavy atom. The fourth-order valence-electron chi connectivity index (χ4n) is 2.51. The summed E-state index contributed by atoms with van der Waals surface area (Å²) in [7, 11) is 6.37. The van der Waals surface area contributed by atoms with Crippen molar-refractivity contribution in [3.63, 3.8) is 0 Å². The molecule has 0 N–H and O–H groups in total. The summed E-state index contributed by atoms with van der Waals surface area (Å²) in [6, 6.07) is 7.83. The van der Waals surface area contributed by atoms with Gasteiger partial charge in [-0.3, -0.25) is 0 Å². The maximum absolute atomic E-state index is 5.70. The molecule has 0 unspecified atom stereocenters. The van der Waals surface area contributed by atoms with E-state index >= 15 is 0 Å². The first-order valence-electron chi connectivity index (χ1n) is 7.32. The SMILES string of the molecule is COc1ccc(N=C2C([Si](C)(C)C)=C([S-])N(C)[N+]2(C)C)cc1. The average Bonchev–Trinajstić information content (AvgIpc) is 2.60. The second kappa shape index (κ2) is 5.68. The van der Waals surface area contributed by atoms with Crippen LogP contribution in [0.3, 0.4) is 0 Å². The van der Waals surface area contributed by atoms with Gasteiger partial charge < -0.3 is 17.4 Å². The average molecular weight is 336 g/mol. The van der Waals surface area contributed by atoms with Gasteiger partial charge in [0.25, 0.3) is 5.84 Å². The molecule has 1 aromatic carbocycles. The van der Waals surface area contributed by atoms with Gasteiger partial charge in [0.1, 0.15) is 5.75 Å². The lowest BCUT2D eigenvalue weighted by atomic mass is 10.3. The summed E-state index contributed by atoms with van der Waals surface area (Å²) in [5, 5.41) is 4.31. The lowest BCUT2D eigenvalue weighted by molar-refractivity contribution is -0.907. The molecule has 0 aromatic heterocycles. The monoisotopic (exact) mass is 335 g/mol. The van der Waals surface area contributed by atoms with Gasteiger partial charge in [-0.1, -0.05) is 24.7 Å². The molecule has 0 spiro atoms. The lowest BCUT2D eigenvalue weighted by Crippen LogP contribution is -2.52. The van der Waals surface area contributed by atoms with Crippen LogP contribution < -0.4 is 4.74 Å². The molecule has 120 valence electrons. The van der Waals surface area contributed by atoms with Gasteiger partial charge in [0.15, 0.2) is 0 Å². The maximum atomic E-state index is 5.70. The van der Waals surface area contributed by atoms with E-state index in [9.17, 15) is 0 Å². The first-order chi connectivity index (χ1) is 10.1. The topological polar surface area (TPSA) is 24.8 Å². The molecule has 1 aliphatic heterocycles. The number of nitrogens with zero attached hydrogens (tertiary/aromatic N) is 3. The van der Waals surface area contributed by atoms with Crippen molar-refractivity contribution in [3.8, 4) is 5.75 Å². The number of hydrogen-bond acceptors (Lipinski definition) is 4. The number of benzene rings is 1. The summed E-state index contributed by atoms with van der Waals surface area (Å²) < 4.78 is 5.77. The minimum Gasteiger partial charge on any atom is -0.757 e. The molecular formula is C16H25N3OSSi. The molecule has 1 aromatic rings. The molecule has 0 aliphatic carbocycles. The van der Waals surface area contributed by atoms with Gasteiger partial charge in [-0.15, -0.1) is 0 Å². The smallest absolute Gasteiger partial charge is 0.251 e. The van der Waals surface area contributed by atoms with Crippen molar-refractivity contribution < 1.29 is 9.33 Å². The second-order valence-electron chi connectivity index (χ2n) is 6.98. The van der Waals surface area contributed by atoms with E-state index in [0.29, 0.717) is 4.59 Å². The maximum Gasteiger partial charge on any atom is 0.251 e. The summed E-state index contributed by atoms with van der Waals surface area (Å²) >= 11 is 5.70. The number of hydrogen-bond donors (Lipinski definition) is 0. The zero-order valence-electron chi connectivity index (χ0n) is 14.5. The van der Waals surface area contributed by atoms with E-state index in [4.69, 9.17) is 22.4 Å². The number of methoxy groups -OCH3 is 1. The van der Waals surface area contributed by atoms with Gasteiger partial charge in [0.05, 0.1) is 42.0 Å². The number of amidine groups is 1. The van der Waals surface area contributed by atoms with Crippen LogP contribution in [-0.2, 0) is 12.6 Å². The van der Waals surface area contributed by atoms with Crippen LogP contribution in [0.15, 0.2) is 39.5 Å². The molecule has 0 saturated heterocycles. The highest BCUT2D eigenvalue weighted by Gasteiger charge is 2.44. The van der Waals surface area contributed by atoms with Crippen molar-refractivity contribution >= 4 is 32.2 Å². The fourth-order valence-corrected chi connectivity index (χ4v) is 5.53. The number of rotatable bonds is 3. The van der Waals surface area contributed by atoms with Crippen LogP contribution in [0.4, 0.5) is 5.69 Å². The van der Waals surface area contributed by atoms with Crippen molar-refractivity contribution in [2.75, 3.05) is 28.3 Å². The summed E-state index contributed by atoms with van der Waals surface area (Å²) in [5.41, 5.74) is 0.927.